The average Bonchev–Trinajstić information content (AvgIpc) is 3.17. The lowest BCUT2D eigenvalue weighted by Gasteiger charge is -2.11. The number of carbonyl (C=O) groups is 1. The highest BCUT2D eigenvalue weighted by molar-refractivity contribution is 7.17. The van der Waals surface area contributed by atoms with Crippen molar-refractivity contribution < 1.29 is 14.3 Å². The first-order valence-corrected chi connectivity index (χ1v) is 9.82. The fraction of sp³-hybridized carbons (Fsp3) is 0.136. The summed E-state index contributed by atoms with van der Waals surface area (Å²) >= 11 is 1.57. The molecule has 0 atom stereocenters. The number of nitrogens with one attached hydrogen (secondary N) is 1. The first-order valence-electron chi connectivity index (χ1n) is 8.94. The van der Waals surface area contributed by atoms with Gasteiger partial charge in [0.2, 0.25) is 0 Å². The molecule has 0 saturated heterocycles. The van der Waals surface area contributed by atoms with Gasteiger partial charge in [-0.2, -0.15) is 0 Å². The van der Waals surface area contributed by atoms with E-state index in [1.54, 1.807) is 36.6 Å². The zero-order valence-electron chi connectivity index (χ0n) is 16.2. The number of benzene rings is 2. The van der Waals surface area contributed by atoms with Gasteiger partial charge in [-0.15, -0.1) is 11.3 Å². The molecule has 0 spiro atoms. The Labute approximate surface area is 172 Å². The first-order chi connectivity index (χ1) is 14.1. The summed E-state index contributed by atoms with van der Waals surface area (Å²) in [6.07, 6.45) is 0. The summed E-state index contributed by atoms with van der Waals surface area (Å²) in [7, 11) is 3.02. The van der Waals surface area contributed by atoms with Gasteiger partial charge in [-0.05, 0) is 42.8 Å². The van der Waals surface area contributed by atoms with Gasteiger partial charge in [0.25, 0.3) is 0 Å². The Bertz CT molecular complexity index is 1190. The van der Waals surface area contributed by atoms with Crippen LogP contribution >= 0.6 is 11.3 Å². The second kappa shape index (κ2) is 7.89. The number of methoxy groups -OCH3 is 2. The van der Waals surface area contributed by atoms with Crippen LogP contribution in [0.4, 0.5) is 11.5 Å². The first kappa shape index (κ1) is 18.9. The Morgan fingerprint density at radius 2 is 1.86 bits per heavy atom. The minimum absolute atomic E-state index is 0.382. The van der Waals surface area contributed by atoms with Gasteiger partial charge in [-0.25, -0.2) is 14.8 Å². The van der Waals surface area contributed by atoms with Gasteiger partial charge in [0.1, 0.15) is 22.2 Å². The highest BCUT2D eigenvalue weighted by atomic mass is 32.1. The number of fused-ring (bicyclic) bond motifs is 1. The Morgan fingerprint density at radius 3 is 2.59 bits per heavy atom. The molecule has 0 unspecified atom stereocenters. The number of esters is 1. The normalized spacial score (nSPS) is 10.7. The molecule has 0 radical (unpaired) electrons. The summed E-state index contributed by atoms with van der Waals surface area (Å²) in [5.74, 6) is 1.79. The van der Waals surface area contributed by atoms with Crippen molar-refractivity contribution in [1.29, 1.82) is 0 Å². The Morgan fingerprint density at radius 1 is 1.07 bits per heavy atom. The van der Waals surface area contributed by atoms with E-state index >= 15 is 0 Å². The summed E-state index contributed by atoms with van der Waals surface area (Å²) < 4.78 is 10.1. The highest BCUT2D eigenvalue weighted by Crippen LogP contribution is 2.38. The molecule has 0 aliphatic heterocycles. The van der Waals surface area contributed by atoms with Crippen molar-refractivity contribution in [3.8, 4) is 16.9 Å². The molecule has 0 aliphatic rings. The van der Waals surface area contributed by atoms with Crippen molar-refractivity contribution in [2.24, 2.45) is 0 Å². The molecule has 6 nitrogen and oxygen atoms in total. The molecule has 1 N–H and O–H groups in total. The number of anilines is 2. The van der Waals surface area contributed by atoms with Gasteiger partial charge < -0.3 is 14.8 Å². The van der Waals surface area contributed by atoms with Crippen LogP contribution < -0.4 is 10.1 Å². The van der Waals surface area contributed by atoms with E-state index in [4.69, 9.17) is 9.47 Å². The monoisotopic (exact) mass is 405 g/mol. The minimum Gasteiger partial charge on any atom is -0.497 e. The summed E-state index contributed by atoms with van der Waals surface area (Å²) in [4.78, 5) is 22.0. The molecule has 29 heavy (non-hydrogen) atoms. The van der Waals surface area contributed by atoms with Crippen LogP contribution in [-0.4, -0.2) is 30.2 Å². The number of carbonyl (C=O) groups excluding carboxylic acids is 1. The Balaban J connectivity index is 1.80. The van der Waals surface area contributed by atoms with E-state index in [2.05, 4.69) is 20.7 Å². The topological polar surface area (TPSA) is 73.3 Å². The number of aromatic nitrogens is 2. The zero-order chi connectivity index (χ0) is 20.4. The quantitative estimate of drug-likeness (QED) is 0.460. The maximum absolute atomic E-state index is 11.9. The van der Waals surface area contributed by atoms with Crippen LogP contribution in [0, 0.1) is 6.92 Å². The van der Waals surface area contributed by atoms with Gasteiger partial charge in [0.15, 0.2) is 0 Å². The van der Waals surface area contributed by atoms with E-state index in [1.165, 1.54) is 7.11 Å². The third-order valence-electron chi connectivity index (χ3n) is 4.49. The van der Waals surface area contributed by atoms with E-state index in [0.717, 1.165) is 32.8 Å². The zero-order valence-corrected chi connectivity index (χ0v) is 17.0. The molecule has 0 fully saturated rings. The molecule has 0 bridgehead atoms. The second-order valence-electron chi connectivity index (χ2n) is 6.37. The number of aryl methyl sites for hydroxylation is 1. The van der Waals surface area contributed by atoms with Crippen LogP contribution in [0.25, 0.3) is 21.3 Å². The molecule has 7 heteroatoms. The predicted molar refractivity (Wildman–Crippen MR) is 115 cm³/mol. The molecule has 2 aromatic heterocycles. The van der Waals surface area contributed by atoms with E-state index in [0.29, 0.717) is 17.2 Å². The summed E-state index contributed by atoms with van der Waals surface area (Å²) in [6.45, 7) is 1.86. The number of thiophene rings is 1. The van der Waals surface area contributed by atoms with E-state index in [1.807, 2.05) is 37.3 Å². The van der Waals surface area contributed by atoms with Crippen molar-refractivity contribution >= 4 is 39.0 Å². The fourth-order valence-electron chi connectivity index (χ4n) is 3.10. The van der Waals surface area contributed by atoms with Crippen LogP contribution in [0.5, 0.6) is 5.75 Å². The lowest BCUT2D eigenvalue weighted by Crippen LogP contribution is -2.03. The van der Waals surface area contributed by atoms with Gasteiger partial charge >= 0.3 is 5.97 Å². The maximum atomic E-state index is 11.9. The summed E-state index contributed by atoms with van der Waals surface area (Å²) in [5.41, 5.74) is 3.31. The molecular weight excluding hydrogens is 386 g/mol. The van der Waals surface area contributed by atoms with E-state index < -0.39 is 0 Å². The minimum atomic E-state index is -0.382. The maximum Gasteiger partial charge on any atom is 0.337 e. The van der Waals surface area contributed by atoms with Crippen molar-refractivity contribution in [1.82, 2.24) is 9.97 Å². The number of hydrogen-bond acceptors (Lipinski definition) is 7. The van der Waals surface area contributed by atoms with Gasteiger partial charge in [-0.3, -0.25) is 0 Å². The third-order valence-corrected chi connectivity index (χ3v) is 5.37. The molecule has 0 amide bonds. The second-order valence-corrected chi connectivity index (χ2v) is 7.23. The number of ether oxygens (including phenoxy) is 2. The van der Waals surface area contributed by atoms with E-state index in [-0.39, 0.29) is 5.97 Å². The van der Waals surface area contributed by atoms with Crippen molar-refractivity contribution in [3.63, 3.8) is 0 Å². The Kier molecular flexibility index (Phi) is 5.14. The molecule has 2 aromatic carbocycles. The Hall–Kier alpha value is -3.45. The standard InChI is InChI=1S/C22H19N3O3S/c1-13-23-20(25-16-6-4-5-15(11-16)22(26)28-3)19-18(12-29-21(19)24-13)14-7-9-17(27-2)10-8-14/h4-12H,1-3H3,(H,23,24,25). The molecule has 0 saturated carbocycles. The van der Waals surface area contributed by atoms with Crippen molar-refractivity contribution in [3.05, 3.63) is 65.3 Å². The lowest BCUT2D eigenvalue weighted by atomic mass is 10.1. The average molecular weight is 405 g/mol. The van der Waals surface area contributed by atoms with Gasteiger partial charge in [0, 0.05) is 16.6 Å². The van der Waals surface area contributed by atoms with Crippen LogP contribution in [-0.2, 0) is 4.74 Å². The molecular formula is C22H19N3O3S. The largest absolute Gasteiger partial charge is 0.497 e. The molecule has 4 rings (SSSR count). The van der Waals surface area contributed by atoms with Gasteiger partial charge in [-0.1, -0.05) is 18.2 Å². The van der Waals surface area contributed by atoms with Crippen LogP contribution in [0.3, 0.4) is 0 Å². The summed E-state index contributed by atoms with van der Waals surface area (Å²) in [5, 5.41) is 6.37. The highest BCUT2D eigenvalue weighted by Gasteiger charge is 2.15. The fourth-order valence-corrected chi connectivity index (χ4v) is 4.09. The SMILES string of the molecule is COC(=O)c1cccc(Nc2nc(C)nc3scc(-c4ccc(OC)cc4)c23)c1. The van der Waals surface area contributed by atoms with Crippen LogP contribution in [0.2, 0.25) is 0 Å². The summed E-state index contributed by atoms with van der Waals surface area (Å²) in [6, 6.07) is 15.0. The van der Waals surface area contributed by atoms with Crippen molar-refractivity contribution in [2.45, 2.75) is 6.92 Å². The smallest absolute Gasteiger partial charge is 0.337 e. The lowest BCUT2D eigenvalue weighted by molar-refractivity contribution is 0.0601. The van der Waals surface area contributed by atoms with Crippen LogP contribution in [0.1, 0.15) is 16.2 Å². The number of hydrogen-bond donors (Lipinski definition) is 1. The van der Waals surface area contributed by atoms with E-state index in [9.17, 15) is 4.79 Å². The molecule has 146 valence electrons. The van der Waals surface area contributed by atoms with Crippen molar-refractivity contribution in [2.75, 3.05) is 19.5 Å². The van der Waals surface area contributed by atoms with Crippen LogP contribution in [0.15, 0.2) is 53.9 Å². The van der Waals surface area contributed by atoms with Gasteiger partial charge in [0.05, 0.1) is 25.2 Å². The predicted octanol–water partition coefficient (Wildman–Crippen LogP) is 5.21. The number of nitrogens with zero attached hydrogens (tertiary/aromatic N) is 2. The number of rotatable bonds is 5. The molecule has 4 aromatic rings. The third kappa shape index (κ3) is 3.77. The molecule has 2 heterocycles. The molecule has 0 aliphatic carbocycles.